The maximum absolute atomic E-state index is 6.04. The Labute approximate surface area is 122 Å². The normalized spacial score (nSPS) is 17.5. The fourth-order valence-corrected chi connectivity index (χ4v) is 2.26. The van der Waals surface area contributed by atoms with Crippen molar-refractivity contribution >= 4 is 28.4 Å². The molecule has 1 saturated heterocycles. The first kappa shape index (κ1) is 14.6. The zero-order valence-electron chi connectivity index (χ0n) is 10.5. The van der Waals surface area contributed by atoms with Gasteiger partial charge in [0.15, 0.2) is 5.17 Å². The van der Waals surface area contributed by atoms with Gasteiger partial charge in [0.1, 0.15) is 6.61 Å². The Hall–Kier alpha value is -0.810. The minimum atomic E-state index is 0.271. The minimum Gasteiger partial charge on any atom is -0.393 e. The molecule has 1 aromatic carbocycles. The van der Waals surface area contributed by atoms with E-state index >= 15 is 0 Å². The average molecular weight is 303 g/mol. The Morgan fingerprint density at radius 2 is 2.05 bits per heavy atom. The lowest BCUT2D eigenvalue weighted by Crippen LogP contribution is -2.38. The molecular formula is C13H16Cl2N2O2. The van der Waals surface area contributed by atoms with Gasteiger partial charge in [-0.2, -0.15) is 0 Å². The first-order chi connectivity index (χ1) is 9.27. The summed E-state index contributed by atoms with van der Waals surface area (Å²) < 4.78 is 5.27. The van der Waals surface area contributed by atoms with Crippen molar-refractivity contribution in [1.82, 2.24) is 4.90 Å². The van der Waals surface area contributed by atoms with Crippen molar-refractivity contribution in [3.63, 3.8) is 0 Å². The molecule has 4 nitrogen and oxygen atoms in total. The number of morpholine rings is 1. The van der Waals surface area contributed by atoms with Gasteiger partial charge in [-0.15, -0.1) is 0 Å². The highest BCUT2D eigenvalue weighted by atomic mass is 35.5. The number of nitrogens with zero attached hydrogens (tertiary/aromatic N) is 2. The van der Waals surface area contributed by atoms with Crippen LogP contribution in [-0.4, -0.2) is 49.5 Å². The lowest BCUT2D eigenvalue weighted by molar-refractivity contribution is 0.0213. The van der Waals surface area contributed by atoms with Crippen molar-refractivity contribution in [3.05, 3.63) is 34.9 Å². The smallest absolute Gasteiger partial charge is 0.177 e. The minimum absolute atomic E-state index is 0.271. The van der Waals surface area contributed by atoms with Crippen molar-refractivity contribution in [2.75, 3.05) is 39.5 Å². The van der Waals surface area contributed by atoms with Crippen LogP contribution in [0.5, 0.6) is 0 Å². The number of hydrogen-bond donors (Lipinski definition) is 0. The van der Waals surface area contributed by atoms with E-state index in [4.69, 9.17) is 32.8 Å². The van der Waals surface area contributed by atoms with Gasteiger partial charge in [0.05, 0.1) is 18.2 Å². The van der Waals surface area contributed by atoms with Crippen LogP contribution >= 0.6 is 23.2 Å². The SMILES string of the molecule is Cl/C(=N\OCCN1CCOCC1)c1ccccc1Cl. The van der Waals surface area contributed by atoms with Crippen LogP contribution < -0.4 is 0 Å². The third-order valence-electron chi connectivity index (χ3n) is 2.84. The summed E-state index contributed by atoms with van der Waals surface area (Å²) in [5, 5.41) is 4.71. The lowest BCUT2D eigenvalue weighted by Gasteiger charge is -2.25. The third kappa shape index (κ3) is 4.66. The Balaban J connectivity index is 1.77. The fraction of sp³-hybridized carbons (Fsp3) is 0.462. The standard InChI is InChI=1S/C13H16Cl2N2O2/c14-12-4-2-1-3-11(12)13(15)16-19-10-7-17-5-8-18-9-6-17/h1-4H,5-10H2/b16-13-. The van der Waals surface area contributed by atoms with Crippen LogP contribution in [0.1, 0.15) is 5.56 Å². The van der Waals surface area contributed by atoms with Gasteiger partial charge in [0.2, 0.25) is 0 Å². The zero-order chi connectivity index (χ0) is 13.5. The molecule has 1 aliphatic rings. The first-order valence-electron chi connectivity index (χ1n) is 6.18. The predicted molar refractivity (Wildman–Crippen MR) is 77.1 cm³/mol. The number of oxime groups is 1. The van der Waals surface area contributed by atoms with Crippen molar-refractivity contribution in [2.24, 2.45) is 5.16 Å². The van der Waals surface area contributed by atoms with E-state index < -0.39 is 0 Å². The van der Waals surface area contributed by atoms with E-state index in [0.29, 0.717) is 17.2 Å². The molecule has 0 spiro atoms. The van der Waals surface area contributed by atoms with E-state index in [9.17, 15) is 0 Å². The Bertz CT molecular complexity index is 434. The van der Waals surface area contributed by atoms with Gasteiger partial charge in [-0.1, -0.05) is 46.6 Å². The van der Waals surface area contributed by atoms with Crippen LogP contribution in [0.2, 0.25) is 5.02 Å². The number of ether oxygens (including phenoxy) is 1. The monoisotopic (exact) mass is 302 g/mol. The lowest BCUT2D eigenvalue weighted by atomic mass is 10.2. The maximum atomic E-state index is 6.04. The number of rotatable bonds is 5. The van der Waals surface area contributed by atoms with Gasteiger partial charge >= 0.3 is 0 Å². The molecule has 0 amide bonds. The van der Waals surface area contributed by atoms with Gasteiger partial charge in [-0.3, -0.25) is 4.90 Å². The van der Waals surface area contributed by atoms with Crippen LogP contribution in [-0.2, 0) is 9.57 Å². The summed E-state index contributed by atoms with van der Waals surface area (Å²) in [6.45, 7) is 4.75. The first-order valence-corrected chi connectivity index (χ1v) is 6.93. The van der Waals surface area contributed by atoms with Crippen molar-refractivity contribution < 1.29 is 9.57 Å². The van der Waals surface area contributed by atoms with E-state index in [1.54, 1.807) is 12.1 Å². The average Bonchev–Trinajstić information content (AvgIpc) is 2.45. The van der Waals surface area contributed by atoms with Gasteiger partial charge < -0.3 is 9.57 Å². The molecule has 0 saturated carbocycles. The summed E-state index contributed by atoms with van der Waals surface area (Å²) in [6.07, 6.45) is 0. The number of hydrogen-bond acceptors (Lipinski definition) is 4. The topological polar surface area (TPSA) is 34.1 Å². The quantitative estimate of drug-likeness (QED) is 0.476. The van der Waals surface area contributed by atoms with E-state index in [1.165, 1.54) is 0 Å². The van der Waals surface area contributed by atoms with Gasteiger partial charge in [0.25, 0.3) is 0 Å². The van der Waals surface area contributed by atoms with Gasteiger partial charge in [-0.25, -0.2) is 0 Å². The van der Waals surface area contributed by atoms with Gasteiger partial charge in [-0.05, 0) is 6.07 Å². The molecule has 1 fully saturated rings. The summed E-state index contributed by atoms with van der Waals surface area (Å²) in [6, 6.07) is 7.27. The molecule has 1 heterocycles. The zero-order valence-corrected chi connectivity index (χ0v) is 12.0. The molecule has 1 aliphatic heterocycles. The molecule has 0 aromatic heterocycles. The second kappa shape index (κ2) is 7.70. The molecular weight excluding hydrogens is 287 g/mol. The van der Waals surface area contributed by atoms with E-state index in [1.807, 2.05) is 12.1 Å². The van der Waals surface area contributed by atoms with E-state index in [0.717, 1.165) is 32.8 Å². The highest BCUT2D eigenvalue weighted by molar-refractivity contribution is 6.70. The van der Waals surface area contributed by atoms with E-state index in [-0.39, 0.29) is 5.17 Å². The van der Waals surface area contributed by atoms with Crippen molar-refractivity contribution in [3.8, 4) is 0 Å². The van der Waals surface area contributed by atoms with Crippen molar-refractivity contribution in [1.29, 1.82) is 0 Å². The molecule has 0 aliphatic carbocycles. The highest BCUT2D eigenvalue weighted by Crippen LogP contribution is 2.17. The Kier molecular flexibility index (Phi) is 5.92. The molecule has 0 N–H and O–H groups in total. The number of benzene rings is 1. The molecule has 0 atom stereocenters. The number of halogens is 2. The van der Waals surface area contributed by atoms with Gasteiger partial charge in [0, 0.05) is 25.2 Å². The van der Waals surface area contributed by atoms with Crippen LogP contribution in [0.3, 0.4) is 0 Å². The molecule has 6 heteroatoms. The van der Waals surface area contributed by atoms with Crippen LogP contribution in [0.4, 0.5) is 0 Å². The maximum Gasteiger partial charge on any atom is 0.177 e. The molecule has 19 heavy (non-hydrogen) atoms. The Morgan fingerprint density at radius 1 is 1.32 bits per heavy atom. The second-order valence-corrected chi connectivity index (χ2v) is 4.91. The second-order valence-electron chi connectivity index (χ2n) is 4.15. The van der Waals surface area contributed by atoms with Crippen molar-refractivity contribution in [2.45, 2.75) is 0 Å². The summed E-state index contributed by atoms with van der Waals surface area (Å²) in [4.78, 5) is 7.49. The Morgan fingerprint density at radius 3 is 2.79 bits per heavy atom. The molecule has 104 valence electrons. The summed E-state index contributed by atoms with van der Waals surface area (Å²) in [7, 11) is 0. The summed E-state index contributed by atoms with van der Waals surface area (Å²) >= 11 is 12.1. The largest absolute Gasteiger partial charge is 0.393 e. The molecule has 0 radical (unpaired) electrons. The third-order valence-corrected chi connectivity index (χ3v) is 3.45. The van der Waals surface area contributed by atoms with Crippen LogP contribution in [0.15, 0.2) is 29.4 Å². The molecule has 0 bridgehead atoms. The highest BCUT2D eigenvalue weighted by Gasteiger charge is 2.10. The fourth-order valence-electron chi connectivity index (χ4n) is 1.77. The predicted octanol–water partition coefficient (Wildman–Crippen LogP) is 2.59. The van der Waals surface area contributed by atoms with Crippen LogP contribution in [0, 0.1) is 0 Å². The molecule has 1 aromatic rings. The summed E-state index contributed by atoms with van der Waals surface area (Å²) in [5.74, 6) is 0. The molecule has 2 rings (SSSR count). The summed E-state index contributed by atoms with van der Waals surface area (Å²) in [5.41, 5.74) is 0.678. The van der Waals surface area contributed by atoms with E-state index in [2.05, 4.69) is 10.1 Å². The van der Waals surface area contributed by atoms with Crippen LogP contribution in [0.25, 0.3) is 0 Å². The molecule has 0 unspecified atom stereocenters.